The number of ether oxygens (including phenoxy) is 3. The summed E-state index contributed by atoms with van der Waals surface area (Å²) in [6.45, 7) is 3.78. The Labute approximate surface area is 179 Å². The van der Waals surface area contributed by atoms with Crippen LogP contribution in [0.4, 0.5) is 0 Å². The summed E-state index contributed by atoms with van der Waals surface area (Å²) in [5.41, 5.74) is 0. The number of esters is 1. The highest BCUT2D eigenvalue weighted by molar-refractivity contribution is 5.68. The van der Waals surface area contributed by atoms with Crippen molar-refractivity contribution >= 4 is 5.97 Å². The molecule has 0 aliphatic carbocycles. The highest BCUT2D eigenvalue weighted by atomic mass is 16.5. The zero-order chi connectivity index (χ0) is 21.4. The summed E-state index contributed by atoms with van der Waals surface area (Å²) in [7, 11) is 1.38. The van der Waals surface area contributed by atoms with Crippen molar-refractivity contribution in [3.8, 4) is 0 Å². The van der Waals surface area contributed by atoms with E-state index in [4.69, 9.17) is 9.47 Å². The van der Waals surface area contributed by atoms with Crippen LogP contribution in [0.15, 0.2) is 0 Å². The fraction of sp³-hybridized carbons (Fsp3) is 0.958. The lowest BCUT2D eigenvalue weighted by atomic mass is 10.0. The molecular weight excluding hydrogens is 368 g/mol. The van der Waals surface area contributed by atoms with Gasteiger partial charge < -0.3 is 19.3 Å². The first-order valence-corrected chi connectivity index (χ1v) is 12.1. The van der Waals surface area contributed by atoms with Gasteiger partial charge in [-0.15, -0.1) is 0 Å². The summed E-state index contributed by atoms with van der Waals surface area (Å²) >= 11 is 0. The van der Waals surface area contributed by atoms with Crippen LogP contribution in [0.25, 0.3) is 0 Å². The Morgan fingerprint density at radius 2 is 1.28 bits per heavy atom. The normalized spacial score (nSPS) is 12.2. The molecule has 1 N–H and O–H groups in total. The van der Waals surface area contributed by atoms with Gasteiger partial charge >= 0.3 is 5.97 Å². The van der Waals surface area contributed by atoms with E-state index in [9.17, 15) is 9.90 Å². The van der Waals surface area contributed by atoms with Crippen LogP contribution < -0.4 is 0 Å². The average Bonchev–Trinajstić information content (AvgIpc) is 2.74. The number of hydrogen-bond acceptors (Lipinski definition) is 5. The Bertz CT molecular complexity index is 335. The molecule has 0 amide bonds. The molecule has 0 spiro atoms. The summed E-state index contributed by atoms with van der Waals surface area (Å²) in [5.74, 6) is -0.233. The topological polar surface area (TPSA) is 65.0 Å². The third-order valence-electron chi connectivity index (χ3n) is 5.26. The van der Waals surface area contributed by atoms with Gasteiger partial charge in [0, 0.05) is 19.6 Å². The van der Waals surface area contributed by atoms with Crippen LogP contribution in [0.2, 0.25) is 0 Å². The molecule has 0 fully saturated rings. The third kappa shape index (κ3) is 21.9. The number of carbonyl (C=O) groups excluding carboxylic acids is 1. The van der Waals surface area contributed by atoms with E-state index in [-0.39, 0.29) is 18.7 Å². The molecule has 0 aliphatic heterocycles. The van der Waals surface area contributed by atoms with E-state index >= 15 is 0 Å². The first-order chi connectivity index (χ1) is 14.2. The maximum absolute atomic E-state index is 11.0. The van der Waals surface area contributed by atoms with E-state index in [1.165, 1.54) is 90.6 Å². The van der Waals surface area contributed by atoms with Crippen LogP contribution in [-0.4, -0.2) is 50.7 Å². The van der Waals surface area contributed by atoms with E-state index in [0.717, 1.165) is 13.0 Å². The number of aliphatic hydroxyl groups is 1. The second-order valence-electron chi connectivity index (χ2n) is 8.03. The molecule has 0 bridgehead atoms. The molecule has 174 valence electrons. The lowest BCUT2D eigenvalue weighted by molar-refractivity contribution is -0.141. The number of carbonyl (C=O) groups is 1. The minimum absolute atomic E-state index is 0.0586. The van der Waals surface area contributed by atoms with Gasteiger partial charge in [-0.1, -0.05) is 90.4 Å². The quantitative estimate of drug-likeness (QED) is 0.168. The van der Waals surface area contributed by atoms with Crippen LogP contribution in [0, 0.1) is 0 Å². The molecule has 0 rings (SSSR count). The molecule has 5 nitrogen and oxygen atoms in total. The molecule has 29 heavy (non-hydrogen) atoms. The summed E-state index contributed by atoms with van der Waals surface area (Å²) < 4.78 is 15.7. The molecule has 0 unspecified atom stereocenters. The van der Waals surface area contributed by atoms with Crippen molar-refractivity contribution in [2.24, 2.45) is 0 Å². The molecule has 0 saturated heterocycles. The van der Waals surface area contributed by atoms with Crippen molar-refractivity contribution in [3.05, 3.63) is 0 Å². The minimum Gasteiger partial charge on any atom is -0.469 e. The molecule has 0 radical (unpaired) electrons. The Balaban J connectivity index is 3.26. The fourth-order valence-electron chi connectivity index (χ4n) is 3.34. The van der Waals surface area contributed by atoms with E-state index in [2.05, 4.69) is 11.7 Å². The molecule has 0 aromatic heterocycles. The van der Waals surface area contributed by atoms with Crippen molar-refractivity contribution in [2.75, 3.05) is 33.5 Å². The lowest BCUT2D eigenvalue weighted by Gasteiger charge is -2.15. The Morgan fingerprint density at radius 3 is 1.76 bits per heavy atom. The first-order valence-electron chi connectivity index (χ1n) is 12.1. The monoisotopic (exact) mass is 416 g/mol. The largest absolute Gasteiger partial charge is 0.469 e. The Kier molecular flexibility index (Phi) is 23.1. The number of unbranched alkanes of at least 4 members (excludes halogenated alkanes) is 13. The molecule has 0 heterocycles. The van der Waals surface area contributed by atoms with Crippen LogP contribution in [0.1, 0.15) is 110 Å². The zero-order valence-electron chi connectivity index (χ0n) is 19.3. The molecule has 5 heteroatoms. The van der Waals surface area contributed by atoms with Crippen LogP contribution in [0.3, 0.4) is 0 Å². The van der Waals surface area contributed by atoms with Crippen molar-refractivity contribution in [2.45, 2.75) is 116 Å². The summed E-state index contributed by atoms with van der Waals surface area (Å²) in [4.78, 5) is 11.0. The number of hydrogen-bond donors (Lipinski definition) is 1. The van der Waals surface area contributed by atoms with Gasteiger partial charge in [0.05, 0.1) is 20.3 Å². The van der Waals surface area contributed by atoms with E-state index in [1.54, 1.807) is 0 Å². The van der Waals surface area contributed by atoms with Crippen LogP contribution in [-0.2, 0) is 19.0 Å². The van der Waals surface area contributed by atoms with Crippen LogP contribution >= 0.6 is 0 Å². The molecule has 0 aromatic carbocycles. The van der Waals surface area contributed by atoms with Crippen molar-refractivity contribution < 1.29 is 24.1 Å². The van der Waals surface area contributed by atoms with E-state index in [1.807, 2.05) is 0 Å². The third-order valence-corrected chi connectivity index (χ3v) is 5.26. The fourth-order valence-corrected chi connectivity index (χ4v) is 3.34. The van der Waals surface area contributed by atoms with Gasteiger partial charge in [-0.25, -0.2) is 0 Å². The van der Waals surface area contributed by atoms with Crippen molar-refractivity contribution in [1.82, 2.24) is 0 Å². The minimum atomic E-state index is -0.306. The molecule has 0 aromatic rings. The molecule has 0 saturated carbocycles. The van der Waals surface area contributed by atoms with Crippen molar-refractivity contribution in [1.29, 1.82) is 0 Å². The van der Waals surface area contributed by atoms with Gasteiger partial charge in [-0.05, 0) is 12.8 Å². The zero-order valence-corrected chi connectivity index (χ0v) is 19.3. The smallest absolute Gasteiger partial charge is 0.305 e. The highest BCUT2D eigenvalue weighted by Crippen LogP contribution is 2.13. The molecule has 1 atom stereocenters. The van der Waals surface area contributed by atoms with Gasteiger partial charge in [0.2, 0.25) is 0 Å². The van der Waals surface area contributed by atoms with Gasteiger partial charge in [0.25, 0.3) is 0 Å². The van der Waals surface area contributed by atoms with Crippen molar-refractivity contribution in [3.63, 3.8) is 0 Å². The molecule has 0 aliphatic rings. The number of methoxy groups -OCH3 is 1. The predicted octanol–water partition coefficient (Wildman–Crippen LogP) is 5.82. The molecular formula is C24H48O5. The Hall–Kier alpha value is -0.650. The lowest BCUT2D eigenvalue weighted by Crippen LogP contribution is -2.25. The van der Waals surface area contributed by atoms with Gasteiger partial charge in [-0.3, -0.25) is 4.79 Å². The average molecular weight is 417 g/mol. The first kappa shape index (κ1) is 28.4. The summed E-state index contributed by atoms with van der Waals surface area (Å²) in [6, 6.07) is 0. The number of aliphatic hydroxyl groups excluding tert-OH is 1. The Morgan fingerprint density at radius 1 is 0.759 bits per heavy atom. The second kappa shape index (κ2) is 23.6. The SMILES string of the molecule is CCCCCCCCCCCCCCCCOC[C@H](CO)OCCCC(=O)OC. The van der Waals surface area contributed by atoms with Gasteiger partial charge in [0.1, 0.15) is 6.10 Å². The van der Waals surface area contributed by atoms with Gasteiger partial charge in [0.15, 0.2) is 0 Å². The predicted molar refractivity (Wildman–Crippen MR) is 119 cm³/mol. The summed E-state index contributed by atoms with van der Waals surface area (Å²) in [6.07, 6.45) is 19.5. The summed E-state index contributed by atoms with van der Waals surface area (Å²) in [5, 5.41) is 9.31. The highest BCUT2D eigenvalue weighted by Gasteiger charge is 2.08. The van der Waals surface area contributed by atoms with E-state index < -0.39 is 0 Å². The van der Waals surface area contributed by atoms with E-state index in [0.29, 0.717) is 26.1 Å². The van der Waals surface area contributed by atoms with Crippen LogP contribution in [0.5, 0.6) is 0 Å². The maximum Gasteiger partial charge on any atom is 0.305 e. The second-order valence-corrected chi connectivity index (χ2v) is 8.03. The maximum atomic E-state index is 11.0. The number of rotatable bonds is 23. The standard InChI is InChI=1S/C24H48O5/c1-3-4-5-6-7-8-9-10-11-12-13-14-15-16-19-28-22-23(21-25)29-20-17-18-24(26)27-2/h23,25H,3-22H2,1-2H3/t23-/m0/s1. The van der Waals surface area contributed by atoms with Gasteiger partial charge in [-0.2, -0.15) is 0 Å².